The predicted molar refractivity (Wildman–Crippen MR) is 51.8 cm³/mol. The first-order valence-electron chi connectivity index (χ1n) is 4.97. The molecule has 0 aliphatic carbocycles. The number of hydrogen-bond donors (Lipinski definition) is 1. The molecule has 1 atom stereocenters. The second kappa shape index (κ2) is 6.66. The molecule has 0 radical (unpaired) electrons. The fourth-order valence-corrected chi connectivity index (χ4v) is 1.09. The topological polar surface area (TPSA) is 12.0 Å². The lowest BCUT2D eigenvalue weighted by molar-refractivity contribution is 0.421. The molecule has 0 saturated carbocycles. The molecule has 0 bridgehead atoms. The van der Waals surface area contributed by atoms with Crippen LogP contribution in [0.5, 0.6) is 0 Å². The van der Waals surface area contributed by atoms with Crippen LogP contribution >= 0.6 is 0 Å². The third-order valence-corrected chi connectivity index (χ3v) is 2.44. The average molecular weight is 157 g/mol. The van der Waals surface area contributed by atoms with Gasteiger partial charge in [0.1, 0.15) is 0 Å². The molecule has 0 aromatic carbocycles. The molecular formula is C10H23N. The Hall–Kier alpha value is -0.0400. The summed E-state index contributed by atoms with van der Waals surface area (Å²) < 4.78 is 0. The molecule has 0 fully saturated rings. The molecule has 1 nitrogen and oxygen atoms in total. The van der Waals surface area contributed by atoms with Crippen LogP contribution in [0, 0.1) is 5.92 Å². The Kier molecular flexibility index (Phi) is 6.63. The molecule has 1 heteroatoms. The van der Waals surface area contributed by atoms with Crippen LogP contribution in [0.15, 0.2) is 0 Å². The molecule has 0 rings (SSSR count). The Morgan fingerprint density at radius 2 is 1.55 bits per heavy atom. The van der Waals surface area contributed by atoms with Crippen molar-refractivity contribution in [2.45, 2.75) is 53.0 Å². The summed E-state index contributed by atoms with van der Waals surface area (Å²) in [6.07, 6.45) is 3.80. The van der Waals surface area contributed by atoms with E-state index >= 15 is 0 Å². The van der Waals surface area contributed by atoms with Crippen molar-refractivity contribution < 1.29 is 0 Å². The highest BCUT2D eigenvalue weighted by Crippen LogP contribution is 2.01. The van der Waals surface area contributed by atoms with Crippen LogP contribution in [-0.4, -0.2) is 12.6 Å². The molecule has 0 amide bonds. The van der Waals surface area contributed by atoms with Gasteiger partial charge in [-0.25, -0.2) is 0 Å². The van der Waals surface area contributed by atoms with E-state index in [1.165, 1.54) is 25.8 Å². The van der Waals surface area contributed by atoms with Gasteiger partial charge >= 0.3 is 0 Å². The van der Waals surface area contributed by atoms with E-state index in [4.69, 9.17) is 0 Å². The Morgan fingerprint density at radius 1 is 1.00 bits per heavy atom. The van der Waals surface area contributed by atoms with Gasteiger partial charge in [0.2, 0.25) is 0 Å². The minimum Gasteiger partial charge on any atom is -0.314 e. The second-order valence-corrected chi connectivity index (χ2v) is 3.44. The molecule has 0 spiro atoms. The first-order chi connectivity index (χ1) is 5.24. The fourth-order valence-electron chi connectivity index (χ4n) is 1.09. The van der Waals surface area contributed by atoms with Crippen molar-refractivity contribution in [2.75, 3.05) is 6.54 Å². The molecule has 0 aromatic rings. The zero-order chi connectivity index (χ0) is 8.69. The van der Waals surface area contributed by atoms with Gasteiger partial charge in [-0.15, -0.1) is 0 Å². The Balaban J connectivity index is 3.34. The van der Waals surface area contributed by atoms with Gasteiger partial charge < -0.3 is 5.32 Å². The van der Waals surface area contributed by atoms with Crippen molar-refractivity contribution in [1.29, 1.82) is 0 Å². The molecule has 0 aliphatic rings. The van der Waals surface area contributed by atoms with Crippen molar-refractivity contribution in [3.63, 3.8) is 0 Å². The Morgan fingerprint density at radius 3 is 1.91 bits per heavy atom. The van der Waals surface area contributed by atoms with Crippen molar-refractivity contribution in [2.24, 2.45) is 5.92 Å². The average Bonchev–Trinajstić information content (AvgIpc) is 2.06. The minimum atomic E-state index is 0.740. The smallest absolute Gasteiger partial charge is 0.00619 e. The molecule has 0 unspecified atom stereocenters. The van der Waals surface area contributed by atoms with Gasteiger partial charge in [0.05, 0.1) is 0 Å². The third kappa shape index (κ3) is 5.25. The summed E-state index contributed by atoms with van der Waals surface area (Å²) in [6.45, 7) is 10.2. The summed E-state index contributed by atoms with van der Waals surface area (Å²) in [7, 11) is 0. The van der Waals surface area contributed by atoms with Gasteiger partial charge in [0, 0.05) is 6.04 Å². The van der Waals surface area contributed by atoms with Gasteiger partial charge in [0.15, 0.2) is 0 Å². The van der Waals surface area contributed by atoms with E-state index in [2.05, 4.69) is 33.0 Å². The fraction of sp³-hybridized carbons (Fsp3) is 1.00. The van der Waals surface area contributed by atoms with Crippen LogP contribution in [-0.2, 0) is 0 Å². The highest BCUT2D eigenvalue weighted by Gasteiger charge is 2.03. The maximum absolute atomic E-state index is 3.57. The summed E-state index contributed by atoms with van der Waals surface area (Å²) in [5, 5.41) is 3.57. The standard InChI is InChI=1S/C10H23N/c1-5-9(4)8-11-10(6-2)7-3/h9-11H,5-8H2,1-4H3/t9-/m0/s1. The van der Waals surface area contributed by atoms with E-state index < -0.39 is 0 Å². The van der Waals surface area contributed by atoms with E-state index in [1.54, 1.807) is 0 Å². The number of hydrogen-bond acceptors (Lipinski definition) is 1. The Labute approximate surface area is 71.6 Å². The van der Waals surface area contributed by atoms with E-state index in [0.29, 0.717) is 0 Å². The van der Waals surface area contributed by atoms with Crippen molar-refractivity contribution in [3.05, 3.63) is 0 Å². The lowest BCUT2D eigenvalue weighted by Crippen LogP contribution is -2.31. The number of nitrogens with one attached hydrogen (secondary N) is 1. The van der Waals surface area contributed by atoms with E-state index in [0.717, 1.165) is 12.0 Å². The number of rotatable bonds is 6. The molecule has 68 valence electrons. The lowest BCUT2D eigenvalue weighted by Gasteiger charge is -2.17. The highest BCUT2D eigenvalue weighted by molar-refractivity contribution is 4.64. The lowest BCUT2D eigenvalue weighted by atomic mass is 10.1. The van der Waals surface area contributed by atoms with Crippen LogP contribution in [0.4, 0.5) is 0 Å². The van der Waals surface area contributed by atoms with Gasteiger partial charge in [-0.1, -0.05) is 34.1 Å². The van der Waals surface area contributed by atoms with Crippen molar-refractivity contribution in [1.82, 2.24) is 5.32 Å². The maximum Gasteiger partial charge on any atom is 0.00619 e. The third-order valence-electron chi connectivity index (χ3n) is 2.44. The van der Waals surface area contributed by atoms with E-state index in [9.17, 15) is 0 Å². The summed E-state index contributed by atoms with van der Waals surface area (Å²) in [5.74, 6) is 0.829. The van der Waals surface area contributed by atoms with Crippen LogP contribution in [0.2, 0.25) is 0 Å². The van der Waals surface area contributed by atoms with Gasteiger partial charge in [0.25, 0.3) is 0 Å². The van der Waals surface area contributed by atoms with Gasteiger partial charge in [-0.3, -0.25) is 0 Å². The van der Waals surface area contributed by atoms with Crippen LogP contribution in [0.3, 0.4) is 0 Å². The summed E-state index contributed by atoms with van der Waals surface area (Å²) in [5.41, 5.74) is 0. The van der Waals surface area contributed by atoms with Crippen molar-refractivity contribution >= 4 is 0 Å². The molecule has 1 N–H and O–H groups in total. The predicted octanol–water partition coefficient (Wildman–Crippen LogP) is 2.81. The zero-order valence-electron chi connectivity index (χ0n) is 8.48. The summed E-state index contributed by atoms with van der Waals surface area (Å²) in [6, 6.07) is 0.740. The molecule has 0 aromatic heterocycles. The van der Waals surface area contributed by atoms with Gasteiger partial charge in [-0.05, 0) is 25.3 Å². The summed E-state index contributed by atoms with van der Waals surface area (Å²) >= 11 is 0. The quantitative estimate of drug-likeness (QED) is 0.625. The molecule has 0 saturated heterocycles. The molecule has 11 heavy (non-hydrogen) atoms. The molecule has 0 aliphatic heterocycles. The normalized spacial score (nSPS) is 13.9. The second-order valence-electron chi connectivity index (χ2n) is 3.44. The SMILES string of the molecule is CCC(CC)NC[C@@H](C)CC. The van der Waals surface area contributed by atoms with Crippen LogP contribution in [0.1, 0.15) is 47.0 Å². The molecular weight excluding hydrogens is 134 g/mol. The highest BCUT2D eigenvalue weighted by atomic mass is 14.9. The van der Waals surface area contributed by atoms with Crippen LogP contribution < -0.4 is 5.32 Å². The first kappa shape index (κ1) is 11.0. The minimum absolute atomic E-state index is 0.740. The van der Waals surface area contributed by atoms with Gasteiger partial charge in [-0.2, -0.15) is 0 Å². The van der Waals surface area contributed by atoms with E-state index in [1.807, 2.05) is 0 Å². The maximum atomic E-state index is 3.57. The summed E-state index contributed by atoms with van der Waals surface area (Å²) in [4.78, 5) is 0. The van der Waals surface area contributed by atoms with Crippen molar-refractivity contribution in [3.8, 4) is 0 Å². The van der Waals surface area contributed by atoms with E-state index in [-0.39, 0.29) is 0 Å². The first-order valence-corrected chi connectivity index (χ1v) is 4.97. The monoisotopic (exact) mass is 157 g/mol. The molecule has 0 heterocycles. The van der Waals surface area contributed by atoms with Crippen LogP contribution in [0.25, 0.3) is 0 Å². The Bertz CT molecular complexity index is 76.9. The zero-order valence-corrected chi connectivity index (χ0v) is 8.48. The largest absolute Gasteiger partial charge is 0.314 e.